The molecule has 0 spiro atoms. The zero-order valence-corrected chi connectivity index (χ0v) is 16.3. The second kappa shape index (κ2) is 13.5. The average Bonchev–Trinajstić information content (AvgIpc) is 2.69. The zero-order chi connectivity index (χ0) is 18.3. The summed E-state index contributed by atoms with van der Waals surface area (Å²) in [5.41, 5.74) is 1.08. The molecular weight excluding hydrogens is 318 g/mol. The van der Waals surface area contributed by atoms with Gasteiger partial charge in [0.15, 0.2) is 0 Å². The third-order valence-electron chi connectivity index (χ3n) is 5.16. The van der Waals surface area contributed by atoms with E-state index in [0.29, 0.717) is 5.91 Å². The van der Waals surface area contributed by atoms with Crippen molar-refractivity contribution in [1.29, 1.82) is 0 Å². The van der Waals surface area contributed by atoms with Gasteiger partial charge in [0.05, 0.1) is 0 Å². The van der Waals surface area contributed by atoms with Crippen LogP contribution in [0, 0.1) is 11.8 Å². The largest absolute Gasteiger partial charge is 0.343 e. The highest BCUT2D eigenvalue weighted by Crippen LogP contribution is 2.14. The summed E-state index contributed by atoms with van der Waals surface area (Å²) in [6.45, 7) is 1.86. The van der Waals surface area contributed by atoms with Crippen LogP contribution in [0.25, 0.3) is 0 Å². The van der Waals surface area contributed by atoms with E-state index in [1.165, 1.54) is 51.4 Å². The normalized spacial score (nSPS) is 17.4. The predicted molar refractivity (Wildman–Crippen MR) is 110 cm³/mol. The summed E-state index contributed by atoms with van der Waals surface area (Å²) >= 11 is 0. The molecule has 0 aliphatic carbocycles. The molecule has 0 saturated carbocycles. The lowest BCUT2D eigenvalue weighted by Crippen LogP contribution is -2.32. The van der Waals surface area contributed by atoms with Crippen LogP contribution < -0.4 is 0 Å². The molecule has 0 radical (unpaired) electrons. The molecule has 142 valence electrons. The smallest absolute Gasteiger partial charge is 0.222 e. The second-order valence-corrected chi connectivity index (χ2v) is 7.44. The Kier molecular flexibility index (Phi) is 10.6. The van der Waals surface area contributed by atoms with E-state index in [1.807, 2.05) is 30.3 Å². The number of amides is 1. The molecule has 1 aliphatic rings. The van der Waals surface area contributed by atoms with Gasteiger partial charge in [-0.25, -0.2) is 0 Å². The number of unbranched alkanes of at least 4 members (excludes halogenated alkanes) is 2. The molecule has 0 aromatic heterocycles. The van der Waals surface area contributed by atoms with Crippen LogP contribution in [0.4, 0.5) is 0 Å². The van der Waals surface area contributed by atoms with Gasteiger partial charge in [0.25, 0.3) is 0 Å². The SMILES string of the molecule is O=C1CCCCCCCCCCCN1CCCCC#Cc1ccccc1. The van der Waals surface area contributed by atoms with Crippen molar-refractivity contribution in [3.05, 3.63) is 35.9 Å². The van der Waals surface area contributed by atoms with Crippen LogP contribution in [-0.4, -0.2) is 23.9 Å². The topological polar surface area (TPSA) is 20.3 Å². The summed E-state index contributed by atoms with van der Waals surface area (Å²) in [6, 6.07) is 10.2. The molecule has 0 N–H and O–H groups in total. The van der Waals surface area contributed by atoms with Gasteiger partial charge in [-0.3, -0.25) is 4.79 Å². The summed E-state index contributed by atoms with van der Waals surface area (Å²) in [5, 5.41) is 0. The van der Waals surface area contributed by atoms with Crippen molar-refractivity contribution in [2.45, 2.75) is 83.5 Å². The summed E-state index contributed by atoms with van der Waals surface area (Å²) in [4.78, 5) is 14.6. The van der Waals surface area contributed by atoms with E-state index in [1.54, 1.807) is 0 Å². The Morgan fingerprint density at radius 1 is 0.808 bits per heavy atom. The monoisotopic (exact) mass is 353 g/mol. The van der Waals surface area contributed by atoms with Crippen LogP contribution in [0.1, 0.15) is 89.0 Å². The quantitative estimate of drug-likeness (QED) is 0.484. The van der Waals surface area contributed by atoms with Gasteiger partial charge < -0.3 is 4.90 Å². The van der Waals surface area contributed by atoms with Crippen LogP contribution in [0.5, 0.6) is 0 Å². The Balaban J connectivity index is 1.69. The van der Waals surface area contributed by atoms with Gasteiger partial charge >= 0.3 is 0 Å². The Bertz CT molecular complexity index is 555. The first-order valence-corrected chi connectivity index (χ1v) is 10.7. The molecule has 0 atom stereocenters. The fourth-order valence-electron chi connectivity index (χ4n) is 3.54. The van der Waals surface area contributed by atoms with Gasteiger partial charge in [0.2, 0.25) is 5.91 Å². The molecule has 0 bridgehead atoms. The lowest BCUT2D eigenvalue weighted by atomic mass is 10.1. The van der Waals surface area contributed by atoms with Crippen molar-refractivity contribution in [2.75, 3.05) is 13.1 Å². The van der Waals surface area contributed by atoms with Crippen molar-refractivity contribution >= 4 is 5.91 Å². The summed E-state index contributed by atoms with van der Waals surface area (Å²) in [6.07, 6.45) is 15.2. The lowest BCUT2D eigenvalue weighted by Gasteiger charge is -2.22. The van der Waals surface area contributed by atoms with E-state index in [-0.39, 0.29) is 0 Å². The molecule has 1 heterocycles. The van der Waals surface area contributed by atoms with E-state index < -0.39 is 0 Å². The Hall–Kier alpha value is -1.75. The van der Waals surface area contributed by atoms with Gasteiger partial charge in [-0.15, -0.1) is 0 Å². The first-order valence-electron chi connectivity index (χ1n) is 10.7. The Labute approximate surface area is 160 Å². The Morgan fingerprint density at radius 3 is 2.19 bits per heavy atom. The van der Waals surface area contributed by atoms with Crippen LogP contribution in [0.2, 0.25) is 0 Å². The zero-order valence-electron chi connectivity index (χ0n) is 16.3. The highest BCUT2D eigenvalue weighted by molar-refractivity contribution is 5.76. The average molecular weight is 354 g/mol. The molecular formula is C24H35NO. The van der Waals surface area contributed by atoms with Crippen LogP contribution >= 0.6 is 0 Å². The summed E-state index contributed by atoms with van der Waals surface area (Å²) < 4.78 is 0. The van der Waals surface area contributed by atoms with E-state index in [2.05, 4.69) is 16.7 Å². The number of carbonyl (C=O) groups excluding carboxylic acids is 1. The molecule has 2 heteroatoms. The first kappa shape index (κ1) is 20.6. The second-order valence-electron chi connectivity index (χ2n) is 7.44. The molecule has 2 rings (SSSR count). The first-order chi connectivity index (χ1) is 12.9. The lowest BCUT2D eigenvalue weighted by molar-refractivity contribution is -0.131. The van der Waals surface area contributed by atoms with Crippen molar-refractivity contribution in [3.63, 3.8) is 0 Å². The molecule has 1 aliphatic heterocycles. The standard InChI is InChI=1S/C24H35NO/c26-24-20-14-6-4-2-1-3-5-8-15-21-25(24)22-16-9-7-11-17-23-18-12-10-13-19-23/h10,12-13,18-19H,1-9,14-16,20-22H2. The fourth-order valence-corrected chi connectivity index (χ4v) is 3.54. The van der Waals surface area contributed by atoms with Crippen molar-refractivity contribution in [3.8, 4) is 11.8 Å². The van der Waals surface area contributed by atoms with Gasteiger partial charge in [0, 0.05) is 31.5 Å². The predicted octanol–water partition coefficient (Wildman–Crippen LogP) is 5.95. The maximum atomic E-state index is 12.5. The molecule has 1 aromatic rings. The van der Waals surface area contributed by atoms with E-state index in [0.717, 1.165) is 50.8 Å². The van der Waals surface area contributed by atoms with Gasteiger partial charge in [-0.2, -0.15) is 0 Å². The van der Waals surface area contributed by atoms with E-state index >= 15 is 0 Å². The fraction of sp³-hybridized carbons (Fsp3) is 0.625. The van der Waals surface area contributed by atoms with Gasteiger partial charge in [-0.1, -0.05) is 75.0 Å². The number of carbonyl (C=O) groups is 1. The van der Waals surface area contributed by atoms with Crippen molar-refractivity contribution < 1.29 is 4.79 Å². The maximum Gasteiger partial charge on any atom is 0.222 e. The van der Waals surface area contributed by atoms with Crippen LogP contribution in [0.3, 0.4) is 0 Å². The third-order valence-corrected chi connectivity index (χ3v) is 5.16. The number of rotatable bonds is 4. The maximum absolute atomic E-state index is 12.5. The highest BCUT2D eigenvalue weighted by atomic mass is 16.2. The van der Waals surface area contributed by atoms with E-state index in [4.69, 9.17) is 0 Å². The van der Waals surface area contributed by atoms with Crippen LogP contribution in [-0.2, 0) is 4.79 Å². The summed E-state index contributed by atoms with van der Waals surface area (Å²) in [7, 11) is 0. The molecule has 1 amide bonds. The minimum atomic E-state index is 0.375. The molecule has 2 nitrogen and oxygen atoms in total. The van der Waals surface area contributed by atoms with Gasteiger partial charge in [0.1, 0.15) is 0 Å². The minimum Gasteiger partial charge on any atom is -0.343 e. The Morgan fingerprint density at radius 2 is 1.46 bits per heavy atom. The number of hydrogen-bond acceptors (Lipinski definition) is 1. The van der Waals surface area contributed by atoms with Gasteiger partial charge in [-0.05, 0) is 37.8 Å². The minimum absolute atomic E-state index is 0.375. The van der Waals surface area contributed by atoms with Crippen LogP contribution in [0.15, 0.2) is 30.3 Å². The highest BCUT2D eigenvalue weighted by Gasteiger charge is 2.12. The van der Waals surface area contributed by atoms with Crippen molar-refractivity contribution in [1.82, 2.24) is 4.90 Å². The molecule has 1 fully saturated rings. The molecule has 1 aromatic carbocycles. The van der Waals surface area contributed by atoms with E-state index in [9.17, 15) is 4.79 Å². The third kappa shape index (κ3) is 9.09. The molecule has 26 heavy (non-hydrogen) atoms. The number of hydrogen-bond donors (Lipinski definition) is 0. The van der Waals surface area contributed by atoms with Crippen molar-refractivity contribution in [2.24, 2.45) is 0 Å². The molecule has 1 saturated heterocycles. The molecule has 0 unspecified atom stereocenters. The summed E-state index contributed by atoms with van der Waals surface area (Å²) in [5.74, 6) is 6.85. The number of benzene rings is 1. The number of nitrogens with zero attached hydrogens (tertiary/aromatic N) is 1.